The van der Waals surface area contributed by atoms with Crippen LogP contribution in [0.2, 0.25) is 0 Å². The first-order valence-electron chi connectivity index (χ1n) is 5.98. The summed E-state index contributed by atoms with van der Waals surface area (Å²) < 4.78 is 0. The number of hydrogen-bond acceptors (Lipinski definition) is 1. The average Bonchev–Trinajstić information content (AvgIpc) is 2.13. The van der Waals surface area contributed by atoms with Gasteiger partial charge in [0.1, 0.15) is 0 Å². The van der Waals surface area contributed by atoms with Crippen LogP contribution in [0.1, 0.15) is 59.3 Å². The zero-order chi connectivity index (χ0) is 10.8. The molecule has 0 saturated carbocycles. The second-order valence-electron chi connectivity index (χ2n) is 4.31. The molecule has 84 valence electrons. The number of aliphatic hydroxyl groups is 1. The molecule has 0 aromatic heterocycles. The number of allylic oxidation sites excluding steroid dienone is 2. The van der Waals surface area contributed by atoms with Gasteiger partial charge in [0.05, 0.1) is 0 Å². The molecule has 0 aromatic rings. The van der Waals surface area contributed by atoms with Gasteiger partial charge in [0.25, 0.3) is 0 Å². The fourth-order valence-electron chi connectivity index (χ4n) is 1.69. The molecule has 0 aliphatic rings. The molecule has 1 N–H and O–H groups in total. The van der Waals surface area contributed by atoms with Crippen LogP contribution < -0.4 is 0 Å². The molecule has 1 heteroatoms. The Morgan fingerprint density at radius 3 is 2.57 bits per heavy atom. The maximum atomic E-state index is 8.77. The van der Waals surface area contributed by atoms with Gasteiger partial charge in [0.15, 0.2) is 0 Å². The highest BCUT2D eigenvalue weighted by atomic mass is 16.2. The van der Waals surface area contributed by atoms with E-state index in [1.807, 2.05) is 0 Å². The van der Waals surface area contributed by atoms with Crippen molar-refractivity contribution in [3.05, 3.63) is 11.6 Å². The summed E-state index contributed by atoms with van der Waals surface area (Å²) in [5.74, 6) is 0.533. The second kappa shape index (κ2) is 9.26. The monoisotopic (exact) mass is 198 g/mol. The first kappa shape index (κ1) is 13.7. The van der Waals surface area contributed by atoms with Crippen LogP contribution in [0.4, 0.5) is 0 Å². The zero-order valence-electron chi connectivity index (χ0n) is 10.1. The number of hydrogen-bond donors (Lipinski definition) is 1. The van der Waals surface area contributed by atoms with Crippen LogP contribution >= 0.6 is 0 Å². The van der Waals surface area contributed by atoms with Gasteiger partial charge in [0.2, 0.25) is 0 Å². The second-order valence-corrected chi connectivity index (χ2v) is 4.31. The number of unbranched alkanes of at least 4 members (excludes halogenated alkanes) is 3. The molecule has 0 aliphatic carbocycles. The molecule has 1 unspecified atom stereocenters. The summed E-state index contributed by atoms with van der Waals surface area (Å²) in [4.78, 5) is 0. The van der Waals surface area contributed by atoms with Crippen LogP contribution in [0.25, 0.3) is 0 Å². The Kier molecular flexibility index (Phi) is 9.06. The van der Waals surface area contributed by atoms with E-state index in [2.05, 4.69) is 26.8 Å². The van der Waals surface area contributed by atoms with E-state index in [1.54, 1.807) is 0 Å². The van der Waals surface area contributed by atoms with Gasteiger partial charge in [0, 0.05) is 6.61 Å². The molecule has 0 aliphatic heterocycles. The molecular weight excluding hydrogens is 172 g/mol. The predicted octanol–water partition coefficient (Wildman–Crippen LogP) is 3.92. The highest BCUT2D eigenvalue weighted by Gasteiger charge is 1.98. The van der Waals surface area contributed by atoms with Crippen molar-refractivity contribution in [2.45, 2.75) is 59.3 Å². The molecule has 0 rings (SSSR count). The van der Waals surface area contributed by atoms with Gasteiger partial charge >= 0.3 is 0 Å². The minimum atomic E-state index is 0.306. The minimum absolute atomic E-state index is 0.306. The van der Waals surface area contributed by atoms with Crippen molar-refractivity contribution in [1.29, 1.82) is 0 Å². The Labute approximate surface area is 89.2 Å². The van der Waals surface area contributed by atoms with E-state index < -0.39 is 0 Å². The largest absolute Gasteiger partial charge is 0.396 e. The average molecular weight is 198 g/mol. The van der Waals surface area contributed by atoms with E-state index in [4.69, 9.17) is 5.11 Å². The standard InChI is InChI=1S/C13H26O/c1-4-5-6-7-8-12(2)11-13(3)9-10-14/h11,13-14H,4-10H2,1-3H3. The molecule has 14 heavy (non-hydrogen) atoms. The molecule has 0 heterocycles. The van der Waals surface area contributed by atoms with Crippen LogP contribution in [0.15, 0.2) is 11.6 Å². The van der Waals surface area contributed by atoms with Gasteiger partial charge < -0.3 is 5.11 Å². The van der Waals surface area contributed by atoms with Gasteiger partial charge in [-0.2, -0.15) is 0 Å². The smallest absolute Gasteiger partial charge is 0.0436 e. The van der Waals surface area contributed by atoms with Crippen molar-refractivity contribution >= 4 is 0 Å². The third kappa shape index (κ3) is 8.31. The molecule has 0 fully saturated rings. The topological polar surface area (TPSA) is 20.2 Å². The molecule has 0 amide bonds. The van der Waals surface area contributed by atoms with Gasteiger partial charge in [-0.15, -0.1) is 0 Å². The third-order valence-corrected chi connectivity index (χ3v) is 2.58. The van der Waals surface area contributed by atoms with Crippen molar-refractivity contribution in [2.75, 3.05) is 6.61 Å². The van der Waals surface area contributed by atoms with E-state index in [-0.39, 0.29) is 0 Å². The lowest BCUT2D eigenvalue weighted by Gasteiger charge is -2.06. The number of aliphatic hydroxyl groups excluding tert-OH is 1. The van der Waals surface area contributed by atoms with Crippen molar-refractivity contribution < 1.29 is 5.11 Å². The molecule has 0 saturated heterocycles. The quantitative estimate of drug-likeness (QED) is 0.463. The van der Waals surface area contributed by atoms with Crippen LogP contribution in [-0.4, -0.2) is 11.7 Å². The first-order valence-corrected chi connectivity index (χ1v) is 5.98. The van der Waals surface area contributed by atoms with E-state index in [1.165, 1.54) is 37.7 Å². The predicted molar refractivity (Wildman–Crippen MR) is 63.4 cm³/mol. The van der Waals surface area contributed by atoms with Crippen LogP contribution in [-0.2, 0) is 0 Å². The van der Waals surface area contributed by atoms with E-state index in [0.29, 0.717) is 12.5 Å². The Bertz CT molecular complexity index is 149. The van der Waals surface area contributed by atoms with Crippen molar-refractivity contribution in [3.63, 3.8) is 0 Å². The van der Waals surface area contributed by atoms with E-state index in [9.17, 15) is 0 Å². The van der Waals surface area contributed by atoms with Crippen molar-refractivity contribution in [1.82, 2.24) is 0 Å². The van der Waals surface area contributed by atoms with E-state index >= 15 is 0 Å². The summed E-state index contributed by atoms with van der Waals surface area (Å²) in [6.45, 7) is 6.93. The van der Waals surface area contributed by atoms with Crippen LogP contribution in [0.3, 0.4) is 0 Å². The lowest BCUT2D eigenvalue weighted by Crippen LogP contribution is -1.95. The van der Waals surface area contributed by atoms with Gasteiger partial charge in [-0.05, 0) is 32.1 Å². The minimum Gasteiger partial charge on any atom is -0.396 e. The molecule has 0 radical (unpaired) electrons. The Balaban J connectivity index is 3.55. The summed E-state index contributed by atoms with van der Waals surface area (Å²) in [7, 11) is 0. The molecule has 1 nitrogen and oxygen atoms in total. The Morgan fingerprint density at radius 2 is 2.00 bits per heavy atom. The molecule has 0 aromatic carbocycles. The summed E-state index contributed by atoms with van der Waals surface area (Å²) in [5.41, 5.74) is 1.49. The summed E-state index contributed by atoms with van der Waals surface area (Å²) in [6, 6.07) is 0. The summed E-state index contributed by atoms with van der Waals surface area (Å²) >= 11 is 0. The lowest BCUT2D eigenvalue weighted by molar-refractivity contribution is 0.274. The zero-order valence-corrected chi connectivity index (χ0v) is 10.1. The summed E-state index contributed by atoms with van der Waals surface area (Å²) in [6.07, 6.45) is 9.78. The summed E-state index contributed by atoms with van der Waals surface area (Å²) in [5, 5.41) is 8.77. The fourth-order valence-corrected chi connectivity index (χ4v) is 1.69. The highest BCUT2D eigenvalue weighted by molar-refractivity contribution is 5.00. The Hall–Kier alpha value is -0.300. The highest BCUT2D eigenvalue weighted by Crippen LogP contribution is 2.13. The van der Waals surface area contributed by atoms with Crippen LogP contribution in [0, 0.1) is 5.92 Å². The fraction of sp³-hybridized carbons (Fsp3) is 0.846. The van der Waals surface area contributed by atoms with Gasteiger partial charge in [-0.25, -0.2) is 0 Å². The molecular formula is C13H26O. The third-order valence-electron chi connectivity index (χ3n) is 2.58. The maximum Gasteiger partial charge on any atom is 0.0436 e. The number of rotatable bonds is 8. The lowest BCUT2D eigenvalue weighted by atomic mass is 10.0. The van der Waals surface area contributed by atoms with Crippen LogP contribution in [0.5, 0.6) is 0 Å². The van der Waals surface area contributed by atoms with Gasteiger partial charge in [-0.3, -0.25) is 0 Å². The maximum absolute atomic E-state index is 8.77. The van der Waals surface area contributed by atoms with Crippen molar-refractivity contribution in [2.24, 2.45) is 5.92 Å². The molecule has 0 bridgehead atoms. The Morgan fingerprint density at radius 1 is 1.29 bits per heavy atom. The van der Waals surface area contributed by atoms with Crippen molar-refractivity contribution in [3.8, 4) is 0 Å². The normalized spacial score (nSPS) is 14.4. The SMILES string of the molecule is CCCCCCC(C)=CC(C)CCO. The van der Waals surface area contributed by atoms with Gasteiger partial charge in [-0.1, -0.05) is 44.8 Å². The molecule has 1 atom stereocenters. The van der Waals surface area contributed by atoms with E-state index in [0.717, 1.165) is 6.42 Å². The molecule has 0 spiro atoms. The first-order chi connectivity index (χ1) is 6.70.